The fourth-order valence-corrected chi connectivity index (χ4v) is 3.08. The van der Waals surface area contributed by atoms with Gasteiger partial charge in [0.2, 0.25) is 0 Å². The maximum Gasteiger partial charge on any atom is 0.343 e. The number of nitrogens with one attached hydrogen (secondary N) is 1. The SMILES string of the molecule is CCc1ccccc1C(=O)Oc1ccc2[nH]c3ccccc3c2c1. The van der Waals surface area contributed by atoms with Crippen LogP contribution in [0.1, 0.15) is 22.8 Å². The summed E-state index contributed by atoms with van der Waals surface area (Å²) in [5.74, 6) is 0.245. The van der Waals surface area contributed by atoms with Crippen LogP contribution in [0.25, 0.3) is 21.8 Å². The molecule has 118 valence electrons. The first-order valence-electron chi connectivity index (χ1n) is 8.07. The number of fused-ring (bicyclic) bond motifs is 3. The molecular weight excluding hydrogens is 298 g/mol. The molecule has 0 aliphatic carbocycles. The third-order valence-corrected chi connectivity index (χ3v) is 4.31. The van der Waals surface area contributed by atoms with E-state index in [0.29, 0.717) is 11.3 Å². The fourth-order valence-electron chi connectivity index (χ4n) is 3.08. The Morgan fingerprint density at radius 3 is 2.54 bits per heavy atom. The van der Waals surface area contributed by atoms with Gasteiger partial charge < -0.3 is 9.72 Å². The zero-order chi connectivity index (χ0) is 16.5. The average molecular weight is 315 g/mol. The van der Waals surface area contributed by atoms with Crippen LogP contribution < -0.4 is 4.74 Å². The second-order valence-corrected chi connectivity index (χ2v) is 5.78. The van der Waals surface area contributed by atoms with Crippen LogP contribution in [-0.4, -0.2) is 11.0 Å². The maximum atomic E-state index is 12.5. The Balaban J connectivity index is 1.71. The van der Waals surface area contributed by atoms with Crippen molar-refractivity contribution < 1.29 is 9.53 Å². The van der Waals surface area contributed by atoms with Gasteiger partial charge in [0.15, 0.2) is 0 Å². The number of carbonyl (C=O) groups is 1. The van der Waals surface area contributed by atoms with E-state index in [4.69, 9.17) is 4.74 Å². The molecule has 0 aliphatic rings. The van der Waals surface area contributed by atoms with Crippen LogP contribution in [0.2, 0.25) is 0 Å². The predicted octanol–water partition coefficient (Wildman–Crippen LogP) is 5.10. The van der Waals surface area contributed by atoms with Gasteiger partial charge in [-0.15, -0.1) is 0 Å². The van der Waals surface area contributed by atoms with E-state index in [1.807, 2.05) is 67.6 Å². The van der Waals surface area contributed by atoms with Crippen molar-refractivity contribution in [3.63, 3.8) is 0 Å². The molecule has 0 atom stereocenters. The molecule has 0 aliphatic heterocycles. The van der Waals surface area contributed by atoms with Crippen molar-refractivity contribution in [2.45, 2.75) is 13.3 Å². The van der Waals surface area contributed by atoms with Crippen LogP contribution in [0.3, 0.4) is 0 Å². The quantitative estimate of drug-likeness (QED) is 0.422. The highest BCUT2D eigenvalue weighted by molar-refractivity contribution is 6.07. The number of aromatic nitrogens is 1. The summed E-state index contributed by atoms with van der Waals surface area (Å²) in [6.45, 7) is 2.03. The molecule has 3 aromatic carbocycles. The van der Waals surface area contributed by atoms with Gasteiger partial charge in [-0.05, 0) is 42.3 Å². The number of carbonyl (C=O) groups excluding carboxylic acids is 1. The number of hydrogen-bond acceptors (Lipinski definition) is 2. The molecule has 3 nitrogen and oxygen atoms in total. The van der Waals surface area contributed by atoms with E-state index < -0.39 is 0 Å². The van der Waals surface area contributed by atoms with Gasteiger partial charge in [0.25, 0.3) is 0 Å². The van der Waals surface area contributed by atoms with Gasteiger partial charge in [0, 0.05) is 21.8 Å². The average Bonchev–Trinajstić information content (AvgIpc) is 2.99. The smallest absolute Gasteiger partial charge is 0.343 e. The summed E-state index contributed by atoms with van der Waals surface area (Å²) in [5.41, 5.74) is 3.73. The van der Waals surface area contributed by atoms with Gasteiger partial charge in [-0.2, -0.15) is 0 Å². The fraction of sp³-hybridized carbons (Fsp3) is 0.0952. The lowest BCUT2D eigenvalue weighted by atomic mass is 10.1. The highest BCUT2D eigenvalue weighted by Crippen LogP contribution is 2.29. The van der Waals surface area contributed by atoms with E-state index in [9.17, 15) is 4.79 Å². The minimum Gasteiger partial charge on any atom is -0.423 e. The Morgan fingerprint density at radius 1 is 0.917 bits per heavy atom. The van der Waals surface area contributed by atoms with Crippen LogP contribution >= 0.6 is 0 Å². The largest absolute Gasteiger partial charge is 0.423 e. The van der Waals surface area contributed by atoms with Gasteiger partial charge in [-0.1, -0.05) is 43.3 Å². The van der Waals surface area contributed by atoms with Crippen molar-refractivity contribution in [3.05, 3.63) is 77.9 Å². The van der Waals surface area contributed by atoms with Crippen molar-refractivity contribution in [2.75, 3.05) is 0 Å². The first-order valence-corrected chi connectivity index (χ1v) is 8.07. The Bertz CT molecular complexity index is 1050. The van der Waals surface area contributed by atoms with Crippen LogP contribution in [-0.2, 0) is 6.42 Å². The highest BCUT2D eigenvalue weighted by atomic mass is 16.5. The molecule has 0 radical (unpaired) electrons. The molecular formula is C21H17NO2. The monoisotopic (exact) mass is 315 g/mol. The summed E-state index contributed by atoms with van der Waals surface area (Å²) >= 11 is 0. The topological polar surface area (TPSA) is 42.1 Å². The Hall–Kier alpha value is -3.07. The van der Waals surface area contributed by atoms with E-state index >= 15 is 0 Å². The van der Waals surface area contributed by atoms with Gasteiger partial charge in [0.1, 0.15) is 5.75 Å². The number of ether oxygens (including phenoxy) is 1. The van der Waals surface area contributed by atoms with Gasteiger partial charge in [0.05, 0.1) is 5.56 Å². The molecule has 0 fully saturated rings. The second kappa shape index (κ2) is 5.85. The zero-order valence-electron chi connectivity index (χ0n) is 13.4. The first kappa shape index (κ1) is 14.5. The molecule has 4 aromatic rings. The van der Waals surface area contributed by atoms with Crippen LogP contribution in [0, 0.1) is 0 Å². The molecule has 0 saturated heterocycles. The maximum absolute atomic E-state index is 12.5. The van der Waals surface area contributed by atoms with Gasteiger partial charge in [-0.25, -0.2) is 4.79 Å². The minimum atomic E-state index is -0.313. The molecule has 1 aromatic heterocycles. The summed E-state index contributed by atoms with van der Waals surface area (Å²) < 4.78 is 5.62. The van der Waals surface area contributed by atoms with Crippen molar-refractivity contribution in [3.8, 4) is 5.75 Å². The lowest BCUT2D eigenvalue weighted by Gasteiger charge is -2.08. The molecule has 1 heterocycles. The first-order chi connectivity index (χ1) is 11.8. The number of para-hydroxylation sites is 1. The Morgan fingerprint density at radius 2 is 1.67 bits per heavy atom. The molecule has 24 heavy (non-hydrogen) atoms. The van der Waals surface area contributed by atoms with E-state index in [0.717, 1.165) is 33.8 Å². The lowest BCUT2D eigenvalue weighted by Crippen LogP contribution is -2.11. The number of aromatic amines is 1. The van der Waals surface area contributed by atoms with Crippen molar-refractivity contribution in [1.82, 2.24) is 4.98 Å². The summed E-state index contributed by atoms with van der Waals surface area (Å²) in [4.78, 5) is 15.9. The third-order valence-electron chi connectivity index (χ3n) is 4.31. The van der Waals surface area contributed by atoms with Crippen molar-refractivity contribution >= 4 is 27.8 Å². The molecule has 0 unspecified atom stereocenters. The second-order valence-electron chi connectivity index (χ2n) is 5.78. The van der Waals surface area contributed by atoms with E-state index in [1.54, 1.807) is 0 Å². The predicted molar refractivity (Wildman–Crippen MR) is 96.6 cm³/mol. The number of H-pyrrole nitrogens is 1. The van der Waals surface area contributed by atoms with E-state index in [-0.39, 0.29) is 5.97 Å². The molecule has 0 saturated carbocycles. The number of rotatable bonds is 3. The van der Waals surface area contributed by atoms with Crippen LogP contribution in [0.4, 0.5) is 0 Å². The highest BCUT2D eigenvalue weighted by Gasteiger charge is 2.13. The van der Waals surface area contributed by atoms with Crippen molar-refractivity contribution in [1.29, 1.82) is 0 Å². The number of benzene rings is 3. The van der Waals surface area contributed by atoms with Gasteiger partial charge >= 0.3 is 5.97 Å². The summed E-state index contributed by atoms with van der Waals surface area (Å²) in [6.07, 6.45) is 0.798. The lowest BCUT2D eigenvalue weighted by molar-refractivity contribution is 0.0734. The number of hydrogen-bond donors (Lipinski definition) is 1. The van der Waals surface area contributed by atoms with Gasteiger partial charge in [-0.3, -0.25) is 0 Å². The number of aryl methyl sites for hydroxylation is 1. The Labute approximate surface area is 139 Å². The summed E-state index contributed by atoms with van der Waals surface area (Å²) in [5, 5.41) is 2.18. The summed E-state index contributed by atoms with van der Waals surface area (Å²) in [7, 11) is 0. The van der Waals surface area contributed by atoms with Crippen molar-refractivity contribution in [2.24, 2.45) is 0 Å². The molecule has 4 rings (SSSR count). The standard InChI is InChI=1S/C21H17NO2/c1-2-14-7-3-4-8-16(14)21(23)24-15-11-12-20-18(13-15)17-9-5-6-10-19(17)22-20/h3-13,22H,2H2,1H3. The molecule has 3 heteroatoms. The number of esters is 1. The molecule has 0 amide bonds. The third kappa shape index (κ3) is 2.44. The summed E-state index contributed by atoms with van der Waals surface area (Å²) in [6, 6.07) is 21.4. The van der Waals surface area contributed by atoms with Crippen LogP contribution in [0.15, 0.2) is 66.7 Å². The van der Waals surface area contributed by atoms with E-state index in [1.165, 1.54) is 0 Å². The van der Waals surface area contributed by atoms with E-state index in [2.05, 4.69) is 11.1 Å². The van der Waals surface area contributed by atoms with Crippen LogP contribution in [0.5, 0.6) is 5.75 Å². The normalized spacial score (nSPS) is 11.0. The molecule has 1 N–H and O–H groups in total. The zero-order valence-corrected chi connectivity index (χ0v) is 13.4. The molecule has 0 bridgehead atoms. The minimum absolute atomic E-state index is 0.313. The molecule has 0 spiro atoms. The Kier molecular flexibility index (Phi) is 3.54.